The fourth-order valence-corrected chi connectivity index (χ4v) is 2.61. The first-order chi connectivity index (χ1) is 8.35. The van der Waals surface area contributed by atoms with Crippen LogP contribution in [0.2, 0.25) is 0 Å². The molecule has 0 aromatic carbocycles. The van der Waals surface area contributed by atoms with Gasteiger partial charge in [0.1, 0.15) is 0 Å². The molecule has 0 saturated carbocycles. The van der Waals surface area contributed by atoms with Crippen LogP contribution in [0.3, 0.4) is 0 Å². The van der Waals surface area contributed by atoms with Crippen LogP contribution in [0, 0.1) is 0 Å². The lowest BCUT2D eigenvalue weighted by Gasteiger charge is -2.28. The van der Waals surface area contributed by atoms with Crippen molar-refractivity contribution in [3.8, 4) is 0 Å². The average molecular weight is 229 g/mol. The molecule has 0 spiro atoms. The van der Waals surface area contributed by atoms with Crippen LogP contribution < -0.4 is 0 Å². The minimum atomic E-state index is 0.599. The highest BCUT2D eigenvalue weighted by atomic mass is 15.1. The number of hydrogen-bond donors (Lipinski definition) is 0. The normalized spacial score (nSPS) is 23.8. The molecule has 1 unspecified atom stereocenters. The van der Waals surface area contributed by atoms with Crippen molar-refractivity contribution >= 4 is 0 Å². The van der Waals surface area contributed by atoms with Gasteiger partial charge in [0.25, 0.3) is 0 Å². The van der Waals surface area contributed by atoms with Crippen LogP contribution in [0.1, 0.15) is 33.1 Å². The molecule has 0 saturated heterocycles. The second kappa shape index (κ2) is 6.02. The van der Waals surface area contributed by atoms with Gasteiger partial charge in [0.2, 0.25) is 0 Å². The molecule has 1 atom stereocenters. The highest BCUT2D eigenvalue weighted by Crippen LogP contribution is 2.24. The molecular weight excluding hydrogens is 206 g/mol. The molecule has 0 aromatic heterocycles. The maximum absolute atomic E-state index is 2.51. The molecule has 0 amide bonds. The molecule has 0 aliphatic heterocycles. The van der Waals surface area contributed by atoms with Crippen LogP contribution >= 0.6 is 0 Å². The van der Waals surface area contributed by atoms with Gasteiger partial charge in [-0.3, -0.25) is 4.90 Å². The van der Waals surface area contributed by atoms with Crippen LogP contribution in [0.4, 0.5) is 0 Å². The Balaban J connectivity index is 2.01. The molecule has 2 rings (SSSR count). The molecule has 1 heteroatoms. The van der Waals surface area contributed by atoms with Gasteiger partial charge in [-0.1, -0.05) is 50.3 Å². The maximum atomic E-state index is 2.51. The van der Waals surface area contributed by atoms with Crippen LogP contribution in [0.15, 0.2) is 47.6 Å². The van der Waals surface area contributed by atoms with Gasteiger partial charge in [0.05, 0.1) is 0 Å². The predicted octanol–water partition coefficient (Wildman–Crippen LogP) is 3.86. The summed E-state index contributed by atoms with van der Waals surface area (Å²) in [7, 11) is 0. The number of nitrogens with zero attached hydrogens (tertiary/aromatic N) is 1. The van der Waals surface area contributed by atoms with E-state index in [9.17, 15) is 0 Å². The molecule has 2 aliphatic rings. The summed E-state index contributed by atoms with van der Waals surface area (Å²) in [6.07, 6.45) is 17.5. The van der Waals surface area contributed by atoms with Crippen molar-refractivity contribution in [1.29, 1.82) is 0 Å². The quantitative estimate of drug-likeness (QED) is 0.707. The predicted molar refractivity (Wildman–Crippen MR) is 75.0 cm³/mol. The van der Waals surface area contributed by atoms with Gasteiger partial charge in [-0.15, -0.1) is 0 Å². The average Bonchev–Trinajstić information content (AvgIpc) is 2.42. The van der Waals surface area contributed by atoms with Gasteiger partial charge in [0.15, 0.2) is 0 Å². The Hall–Kier alpha value is -1.08. The molecule has 0 aromatic rings. The molecule has 0 heterocycles. The lowest BCUT2D eigenvalue weighted by molar-refractivity contribution is 0.253. The summed E-state index contributed by atoms with van der Waals surface area (Å²) in [6.45, 7) is 6.75. The highest BCUT2D eigenvalue weighted by molar-refractivity contribution is 5.49. The Labute approximate surface area is 105 Å². The summed E-state index contributed by atoms with van der Waals surface area (Å²) < 4.78 is 0. The van der Waals surface area contributed by atoms with Crippen molar-refractivity contribution in [1.82, 2.24) is 4.90 Å². The monoisotopic (exact) mass is 229 g/mol. The van der Waals surface area contributed by atoms with Crippen LogP contribution in [-0.4, -0.2) is 24.0 Å². The minimum absolute atomic E-state index is 0.599. The number of rotatable bonds is 4. The van der Waals surface area contributed by atoms with Crippen LogP contribution in [0.5, 0.6) is 0 Å². The zero-order valence-corrected chi connectivity index (χ0v) is 11.0. The molecule has 17 heavy (non-hydrogen) atoms. The number of hydrogen-bond acceptors (Lipinski definition) is 1. The van der Waals surface area contributed by atoms with E-state index < -0.39 is 0 Å². The molecule has 0 bridgehead atoms. The molecule has 2 aliphatic carbocycles. The van der Waals surface area contributed by atoms with E-state index in [4.69, 9.17) is 0 Å². The third-order valence-corrected chi connectivity index (χ3v) is 3.69. The first-order valence-corrected chi connectivity index (χ1v) is 6.84. The topological polar surface area (TPSA) is 3.24 Å². The van der Waals surface area contributed by atoms with Gasteiger partial charge in [-0.2, -0.15) is 0 Å². The van der Waals surface area contributed by atoms with E-state index in [-0.39, 0.29) is 0 Å². The first kappa shape index (κ1) is 12.4. The first-order valence-electron chi connectivity index (χ1n) is 6.84. The molecule has 0 N–H and O–H groups in total. The maximum Gasteiger partial charge on any atom is 0.0316 e. The Bertz CT molecular complexity index is 367. The standard InChI is InChI=1S/C16H23N/c1-3-17(4-2)16-12-10-15(11-13-16)14-8-6-5-7-9-14/h6,8-12,16H,3-5,7,13H2,1-2H3. The summed E-state index contributed by atoms with van der Waals surface area (Å²) in [6, 6.07) is 0.599. The summed E-state index contributed by atoms with van der Waals surface area (Å²) in [5.74, 6) is 0. The molecule has 0 radical (unpaired) electrons. The van der Waals surface area contributed by atoms with E-state index in [1.54, 1.807) is 0 Å². The second-order valence-electron chi connectivity index (χ2n) is 4.68. The van der Waals surface area contributed by atoms with Crippen molar-refractivity contribution in [2.24, 2.45) is 0 Å². The summed E-state index contributed by atoms with van der Waals surface area (Å²) >= 11 is 0. The SMILES string of the molecule is CCN(CC)C1C=CC(C2=CCCC=C2)=CC1. The van der Waals surface area contributed by atoms with Gasteiger partial charge in [-0.25, -0.2) is 0 Å². The third-order valence-electron chi connectivity index (χ3n) is 3.69. The third kappa shape index (κ3) is 2.98. The van der Waals surface area contributed by atoms with Crippen LogP contribution in [-0.2, 0) is 0 Å². The van der Waals surface area contributed by atoms with E-state index in [1.165, 1.54) is 24.0 Å². The van der Waals surface area contributed by atoms with Gasteiger partial charge in [-0.05, 0) is 43.5 Å². The lowest BCUT2D eigenvalue weighted by atomic mass is 9.93. The summed E-state index contributed by atoms with van der Waals surface area (Å²) in [4.78, 5) is 2.51. The molecule has 0 fully saturated rings. The van der Waals surface area contributed by atoms with E-state index in [2.05, 4.69) is 55.2 Å². The Kier molecular flexibility index (Phi) is 4.38. The van der Waals surface area contributed by atoms with E-state index in [0.29, 0.717) is 6.04 Å². The van der Waals surface area contributed by atoms with Gasteiger partial charge < -0.3 is 0 Å². The Morgan fingerprint density at radius 3 is 2.35 bits per heavy atom. The number of likely N-dealkylation sites (N-methyl/N-ethyl adjacent to an activating group) is 1. The second-order valence-corrected chi connectivity index (χ2v) is 4.68. The molecule has 92 valence electrons. The summed E-state index contributed by atoms with van der Waals surface area (Å²) in [5.41, 5.74) is 2.81. The number of allylic oxidation sites excluding steroid dienone is 6. The smallest absolute Gasteiger partial charge is 0.0316 e. The largest absolute Gasteiger partial charge is 0.297 e. The highest BCUT2D eigenvalue weighted by Gasteiger charge is 2.15. The van der Waals surface area contributed by atoms with Crippen molar-refractivity contribution < 1.29 is 0 Å². The fourth-order valence-electron chi connectivity index (χ4n) is 2.61. The van der Waals surface area contributed by atoms with E-state index >= 15 is 0 Å². The van der Waals surface area contributed by atoms with Crippen molar-refractivity contribution in [3.05, 3.63) is 47.6 Å². The van der Waals surface area contributed by atoms with Gasteiger partial charge >= 0.3 is 0 Å². The zero-order chi connectivity index (χ0) is 12.1. The summed E-state index contributed by atoms with van der Waals surface area (Å²) in [5, 5.41) is 0. The zero-order valence-electron chi connectivity index (χ0n) is 11.0. The molecular formula is C16H23N. The van der Waals surface area contributed by atoms with Crippen LogP contribution in [0.25, 0.3) is 0 Å². The van der Waals surface area contributed by atoms with E-state index in [1.807, 2.05) is 0 Å². The van der Waals surface area contributed by atoms with E-state index in [0.717, 1.165) is 19.5 Å². The van der Waals surface area contributed by atoms with Crippen molar-refractivity contribution in [2.75, 3.05) is 13.1 Å². The van der Waals surface area contributed by atoms with Crippen molar-refractivity contribution in [2.45, 2.75) is 39.2 Å². The molecule has 1 nitrogen and oxygen atoms in total. The van der Waals surface area contributed by atoms with Gasteiger partial charge in [0, 0.05) is 6.04 Å². The fraction of sp³-hybridized carbons (Fsp3) is 0.500. The van der Waals surface area contributed by atoms with Crippen molar-refractivity contribution in [3.63, 3.8) is 0 Å². The Morgan fingerprint density at radius 2 is 1.82 bits per heavy atom. The minimum Gasteiger partial charge on any atom is -0.297 e. The Morgan fingerprint density at radius 1 is 1.06 bits per heavy atom. The lowest BCUT2D eigenvalue weighted by Crippen LogP contribution is -2.34.